The Balaban J connectivity index is 1.85. The van der Waals surface area contributed by atoms with Gasteiger partial charge in [-0.25, -0.2) is 0 Å². The van der Waals surface area contributed by atoms with Gasteiger partial charge >= 0.3 is 0 Å². The molecule has 1 aliphatic rings. The molecule has 0 aliphatic carbocycles. The van der Waals surface area contributed by atoms with Crippen molar-refractivity contribution in [3.63, 3.8) is 0 Å². The van der Waals surface area contributed by atoms with Crippen LogP contribution in [-0.4, -0.2) is 34.2 Å². The Morgan fingerprint density at radius 2 is 1.62 bits per heavy atom. The van der Waals surface area contributed by atoms with Crippen LogP contribution in [0.15, 0.2) is 48.5 Å². The van der Waals surface area contributed by atoms with Crippen LogP contribution in [-0.2, 0) is 6.67 Å². The highest BCUT2D eigenvalue weighted by molar-refractivity contribution is 7.71. The number of aromatic nitrogens is 2. The van der Waals surface area contributed by atoms with Crippen LogP contribution in [0.3, 0.4) is 0 Å². The van der Waals surface area contributed by atoms with Gasteiger partial charge in [0.2, 0.25) is 0 Å². The molecular formula is C19H21N3OS. The van der Waals surface area contributed by atoms with Gasteiger partial charge in [0, 0.05) is 5.69 Å². The largest absolute Gasteiger partial charge is 0.497 e. The first-order valence-electron chi connectivity index (χ1n) is 8.35. The molecule has 124 valence electrons. The summed E-state index contributed by atoms with van der Waals surface area (Å²) in [7, 11) is 1.68. The molecule has 1 aromatic heterocycles. The van der Waals surface area contributed by atoms with E-state index < -0.39 is 0 Å². The Morgan fingerprint density at radius 3 is 2.29 bits per heavy atom. The van der Waals surface area contributed by atoms with E-state index in [0.29, 0.717) is 0 Å². The average Bonchev–Trinajstić information content (AvgIpc) is 3.23. The first-order chi connectivity index (χ1) is 11.8. The molecule has 1 fully saturated rings. The number of likely N-dealkylation sites (tertiary alicyclic amines) is 1. The molecule has 0 N–H and O–H groups in total. The second-order valence-electron chi connectivity index (χ2n) is 6.20. The van der Waals surface area contributed by atoms with Crippen molar-refractivity contribution < 1.29 is 4.74 Å². The number of imidazole rings is 1. The minimum Gasteiger partial charge on any atom is -0.497 e. The second-order valence-corrected chi connectivity index (χ2v) is 6.56. The van der Waals surface area contributed by atoms with E-state index >= 15 is 0 Å². The Kier molecular flexibility index (Phi) is 4.12. The third-order valence-corrected chi connectivity index (χ3v) is 5.11. The summed E-state index contributed by atoms with van der Waals surface area (Å²) < 4.78 is 10.5. The molecule has 5 heteroatoms. The lowest BCUT2D eigenvalue weighted by molar-refractivity contribution is 0.272. The van der Waals surface area contributed by atoms with Crippen molar-refractivity contribution in [1.82, 2.24) is 14.0 Å². The molecular weight excluding hydrogens is 318 g/mol. The minimum atomic E-state index is 0.841. The summed E-state index contributed by atoms with van der Waals surface area (Å²) in [4.78, 5) is 2.47. The maximum Gasteiger partial charge on any atom is 0.186 e. The van der Waals surface area contributed by atoms with Crippen LogP contribution in [0.5, 0.6) is 5.75 Å². The van der Waals surface area contributed by atoms with Crippen molar-refractivity contribution in [2.45, 2.75) is 19.5 Å². The van der Waals surface area contributed by atoms with Crippen molar-refractivity contribution >= 4 is 23.3 Å². The van der Waals surface area contributed by atoms with Crippen LogP contribution in [0, 0.1) is 4.77 Å². The molecule has 1 aliphatic heterocycles. The molecule has 0 atom stereocenters. The molecule has 0 bridgehead atoms. The normalized spacial score (nSPS) is 15.2. The molecule has 2 aromatic carbocycles. The summed E-state index contributed by atoms with van der Waals surface area (Å²) in [6.45, 7) is 3.18. The van der Waals surface area contributed by atoms with Crippen LogP contribution in [0.4, 0.5) is 0 Å². The number of fused-ring (bicyclic) bond motifs is 1. The molecule has 3 aromatic rings. The fourth-order valence-corrected chi connectivity index (χ4v) is 3.81. The fourth-order valence-electron chi connectivity index (χ4n) is 3.45. The summed E-state index contributed by atoms with van der Waals surface area (Å²) in [5.74, 6) is 0.853. The van der Waals surface area contributed by atoms with E-state index in [9.17, 15) is 0 Å². The lowest BCUT2D eigenvalue weighted by Crippen LogP contribution is -2.23. The number of nitrogens with zero attached hydrogens (tertiary/aromatic N) is 3. The van der Waals surface area contributed by atoms with Crippen molar-refractivity contribution in [3.05, 3.63) is 53.3 Å². The van der Waals surface area contributed by atoms with E-state index in [4.69, 9.17) is 17.0 Å². The summed E-state index contributed by atoms with van der Waals surface area (Å²) in [6.07, 6.45) is 2.56. The van der Waals surface area contributed by atoms with Gasteiger partial charge in [-0.05, 0) is 74.5 Å². The van der Waals surface area contributed by atoms with E-state index in [1.54, 1.807) is 7.11 Å². The van der Waals surface area contributed by atoms with Gasteiger partial charge in [-0.2, -0.15) is 0 Å². The first-order valence-corrected chi connectivity index (χ1v) is 8.76. The van der Waals surface area contributed by atoms with Gasteiger partial charge < -0.3 is 9.30 Å². The Hall–Kier alpha value is -2.11. The fraction of sp³-hybridized carbons (Fsp3) is 0.316. The highest BCUT2D eigenvalue weighted by Crippen LogP contribution is 2.25. The van der Waals surface area contributed by atoms with Crippen LogP contribution >= 0.6 is 12.2 Å². The van der Waals surface area contributed by atoms with Crippen molar-refractivity contribution in [1.29, 1.82) is 0 Å². The quantitative estimate of drug-likeness (QED) is 0.665. The standard InChI is InChI=1S/C19H21N3OS/c1-23-16-10-8-15(9-11-16)22-18-7-3-2-6-17(18)21(19(22)24)14-20-12-4-5-13-20/h2-3,6-11H,4-5,12-14H2,1H3. The summed E-state index contributed by atoms with van der Waals surface area (Å²) in [6, 6.07) is 16.5. The third-order valence-electron chi connectivity index (χ3n) is 4.71. The average molecular weight is 339 g/mol. The van der Waals surface area contributed by atoms with E-state index in [1.165, 1.54) is 18.4 Å². The summed E-state index contributed by atoms with van der Waals surface area (Å²) in [5.41, 5.74) is 3.40. The van der Waals surface area contributed by atoms with E-state index in [0.717, 1.165) is 41.5 Å². The Bertz CT molecular complexity index is 905. The zero-order chi connectivity index (χ0) is 16.5. The lowest BCUT2D eigenvalue weighted by Gasteiger charge is -2.16. The van der Waals surface area contributed by atoms with Gasteiger partial charge in [0.1, 0.15) is 5.75 Å². The number of para-hydroxylation sites is 2. The van der Waals surface area contributed by atoms with Gasteiger partial charge in [0.15, 0.2) is 4.77 Å². The number of ether oxygens (including phenoxy) is 1. The molecule has 1 saturated heterocycles. The number of hydrogen-bond acceptors (Lipinski definition) is 3. The van der Waals surface area contributed by atoms with Crippen molar-refractivity contribution in [2.75, 3.05) is 20.2 Å². The summed E-state index contributed by atoms with van der Waals surface area (Å²) >= 11 is 5.84. The van der Waals surface area contributed by atoms with Gasteiger partial charge in [0.25, 0.3) is 0 Å². The van der Waals surface area contributed by atoms with E-state index in [1.807, 2.05) is 12.1 Å². The number of methoxy groups -OCH3 is 1. The SMILES string of the molecule is COc1ccc(-n2c(=S)n(CN3CCCC3)c3ccccc32)cc1. The maximum absolute atomic E-state index is 5.84. The van der Waals surface area contributed by atoms with Crippen LogP contribution in [0.2, 0.25) is 0 Å². The maximum atomic E-state index is 5.84. The number of benzene rings is 2. The lowest BCUT2D eigenvalue weighted by atomic mass is 10.2. The van der Waals surface area contributed by atoms with Crippen molar-refractivity contribution in [3.8, 4) is 11.4 Å². The second kappa shape index (κ2) is 6.42. The molecule has 0 unspecified atom stereocenters. The van der Waals surface area contributed by atoms with Crippen LogP contribution in [0.25, 0.3) is 16.7 Å². The zero-order valence-electron chi connectivity index (χ0n) is 13.8. The minimum absolute atomic E-state index is 0.841. The predicted octanol–water partition coefficient (Wildman–Crippen LogP) is 4.22. The third kappa shape index (κ3) is 2.64. The van der Waals surface area contributed by atoms with Gasteiger partial charge in [-0.15, -0.1) is 0 Å². The molecule has 4 nitrogen and oxygen atoms in total. The topological polar surface area (TPSA) is 22.3 Å². The van der Waals surface area contributed by atoms with Crippen molar-refractivity contribution in [2.24, 2.45) is 0 Å². The van der Waals surface area contributed by atoms with Gasteiger partial charge in [0.05, 0.1) is 24.8 Å². The smallest absolute Gasteiger partial charge is 0.186 e. The molecule has 2 heterocycles. The number of hydrogen-bond donors (Lipinski definition) is 0. The molecule has 0 radical (unpaired) electrons. The van der Waals surface area contributed by atoms with Gasteiger partial charge in [-0.3, -0.25) is 9.47 Å². The molecule has 0 spiro atoms. The highest BCUT2D eigenvalue weighted by atomic mass is 32.1. The van der Waals surface area contributed by atoms with Crippen LogP contribution < -0.4 is 4.74 Å². The molecule has 4 rings (SSSR count). The monoisotopic (exact) mass is 339 g/mol. The van der Waals surface area contributed by atoms with Gasteiger partial charge in [-0.1, -0.05) is 12.1 Å². The molecule has 0 amide bonds. The highest BCUT2D eigenvalue weighted by Gasteiger charge is 2.16. The summed E-state index contributed by atoms with van der Waals surface area (Å²) in [5, 5.41) is 0. The Labute approximate surface area is 146 Å². The van der Waals surface area contributed by atoms with E-state index in [2.05, 4.69) is 50.4 Å². The first kappa shape index (κ1) is 15.4. The molecule has 24 heavy (non-hydrogen) atoms. The molecule has 0 saturated carbocycles. The number of rotatable bonds is 4. The zero-order valence-corrected chi connectivity index (χ0v) is 14.6. The Morgan fingerprint density at radius 1 is 0.958 bits per heavy atom. The van der Waals surface area contributed by atoms with E-state index in [-0.39, 0.29) is 0 Å². The predicted molar refractivity (Wildman–Crippen MR) is 99.5 cm³/mol. The van der Waals surface area contributed by atoms with Crippen LogP contribution in [0.1, 0.15) is 12.8 Å².